The third-order valence-corrected chi connectivity index (χ3v) is 4.40. The molecule has 1 aliphatic rings. The van der Waals surface area contributed by atoms with Crippen LogP contribution >= 0.6 is 0 Å². The number of nitrogens with zero attached hydrogens (tertiary/aromatic N) is 3. The SMILES string of the molecule is CCOC(=O)[C@H]1CN(C(=O)OC(C)(C)C)CCN1C(=O)/C=C/c1ccc([N+](=O)[O-])cc1. The summed E-state index contributed by atoms with van der Waals surface area (Å²) in [5.74, 6) is -1.03. The second-order valence-corrected chi connectivity index (χ2v) is 7.91. The van der Waals surface area contributed by atoms with Crippen LogP contribution in [0.3, 0.4) is 0 Å². The highest BCUT2D eigenvalue weighted by atomic mass is 16.6. The van der Waals surface area contributed by atoms with Gasteiger partial charge >= 0.3 is 12.1 Å². The predicted molar refractivity (Wildman–Crippen MR) is 112 cm³/mol. The quantitative estimate of drug-likeness (QED) is 0.303. The molecule has 1 aliphatic heterocycles. The number of hydrogen-bond donors (Lipinski definition) is 0. The average Bonchev–Trinajstić information content (AvgIpc) is 2.70. The number of nitro groups is 1. The number of amides is 2. The van der Waals surface area contributed by atoms with Crippen molar-refractivity contribution in [2.75, 3.05) is 26.2 Å². The lowest BCUT2D eigenvalue weighted by molar-refractivity contribution is -0.384. The molecule has 1 atom stereocenters. The first-order chi connectivity index (χ1) is 14.5. The molecule has 0 unspecified atom stereocenters. The molecule has 1 aromatic rings. The van der Waals surface area contributed by atoms with E-state index in [4.69, 9.17) is 9.47 Å². The second-order valence-electron chi connectivity index (χ2n) is 7.91. The van der Waals surface area contributed by atoms with Crippen LogP contribution in [0.15, 0.2) is 30.3 Å². The zero-order valence-corrected chi connectivity index (χ0v) is 18.1. The van der Waals surface area contributed by atoms with Crippen molar-refractivity contribution in [2.45, 2.75) is 39.3 Å². The minimum absolute atomic E-state index is 0.0368. The fourth-order valence-corrected chi connectivity index (χ4v) is 2.95. The molecule has 0 aliphatic carbocycles. The van der Waals surface area contributed by atoms with Gasteiger partial charge in [0, 0.05) is 31.3 Å². The van der Waals surface area contributed by atoms with Crippen molar-refractivity contribution in [1.29, 1.82) is 0 Å². The Morgan fingerprint density at radius 3 is 2.39 bits per heavy atom. The zero-order valence-electron chi connectivity index (χ0n) is 18.1. The van der Waals surface area contributed by atoms with E-state index in [9.17, 15) is 24.5 Å². The van der Waals surface area contributed by atoms with Crippen molar-refractivity contribution < 1.29 is 28.8 Å². The molecule has 0 aromatic heterocycles. The summed E-state index contributed by atoms with van der Waals surface area (Å²) in [4.78, 5) is 50.6. The highest BCUT2D eigenvalue weighted by Crippen LogP contribution is 2.18. The minimum atomic E-state index is -0.963. The number of carbonyl (C=O) groups is 3. The van der Waals surface area contributed by atoms with Gasteiger partial charge in [-0.25, -0.2) is 9.59 Å². The number of carbonyl (C=O) groups excluding carboxylic acids is 3. The molecule has 0 spiro atoms. The molecule has 10 nitrogen and oxygen atoms in total. The molecule has 1 heterocycles. The maximum atomic E-state index is 12.8. The number of benzene rings is 1. The van der Waals surface area contributed by atoms with Crippen LogP contribution in [-0.2, 0) is 19.1 Å². The Hall–Kier alpha value is -3.43. The zero-order chi connectivity index (χ0) is 23.2. The maximum absolute atomic E-state index is 12.8. The summed E-state index contributed by atoms with van der Waals surface area (Å²) in [6.45, 7) is 7.35. The maximum Gasteiger partial charge on any atom is 0.410 e. The van der Waals surface area contributed by atoms with E-state index in [-0.39, 0.29) is 31.9 Å². The number of hydrogen-bond acceptors (Lipinski definition) is 7. The molecule has 1 fully saturated rings. The number of esters is 1. The van der Waals surface area contributed by atoms with Crippen LogP contribution < -0.4 is 0 Å². The predicted octanol–water partition coefficient (Wildman–Crippen LogP) is 2.62. The molecule has 2 amide bonds. The molecular weight excluding hydrogens is 406 g/mol. The number of non-ortho nitro benzene ring substituents is 1. The lowest BCUT2D eigenvalue weighted by Gasteiger charge is -2.39. The molecule has 0 bridgehead atoms. The average molecular weight is 433 g/mol. The van der Waals surface area contributed by atoms with Crippen LogP contribution in [0.1, 0.15) is 33.3 Å². The first-order valence-corrected chi connectivity index (χ1v) is 9.89. The van der Waals surface area contributed by atoms with Crippen molar-refractivity contribution in [3.8, 4) is 0 Å². The highest BCUT2D eigenvalue weighted by Gasteiger charge is 2.38. The fraction of sp³-hybridized carbons (Fsp3) is 0.476. The number of rotatable bonds is 5. The highest BCUT2D eigenvalue weighted by molar-refractivity contribution is 5.95. The standard InChI is InChI=1S/C21H27N3O7/c1-5-30-19(26)17-14-22(20(27)31-21(2,3)4)12-13-23(17)18(25)11-8-15-6-9-16(10-7-15)24(28)29/h6-11,17H,5,12-14H2,1-4H3/b11-8+/t17-/m1/s1. The van der Waals surface area contributed by atoms with Crippen LogP contribution in [0, 0.1) is 10.1 Å². The first kappa shape index (κ1) is 23.8. The van der Waals surface area contributed by atoms with Crippen LogP contribution in [-0.4, -0.2) is 70.6 Å². The van der Waals surface area contributed by atoms with Gasteiger partial charge in [0.1, 0.15) is 11.6 Å². The molecule has 1 saturated heterocycles. The van der Waals surface area contributed by atoms with Gasteiger partial charge in [-0.1, -0.05) is 0 Å². The Balaban J connectivity index is 2.13. The van der Waals surface area contributed by atoms with Gasteiger partial charge in [-0.15, -0.1) is 0 Å². The normalized spacial score (nSPS) is 16.8. The summed E-state index contributed by atoms with van der Waals surface area (Å²) in [6, 6.07) is 4.75. The number of piperazine rings is 1. The van der Waals surface area contributed by atoms with Gasteiger partial charge in [0.15, 0.2) is 0 Å². The fourth-order valence-electron chi connectivity index (χ4n) is 2.95. The van der Waals surface area contributed by atoms with Crippen LogP contribution in [0.2, 0.25) is 0 Å². The molecule has 10 heteroatoms. The smallest absolute Gasteiger partial charge is 0.410 e. The van der Waals surface area contributed by atoms with Crippen LogP contribution in [0.4, 0.5) is 10.5 Å². The Kier molecular flexibility index (Phi) is 7.73. The Bertz CT molecular complexity index is 859. The van der Waals surface area contributed by atoms with E-state index in [0.29, 0.717) is 5.56 Å². The van der Waals surface area contributed by atoms with E-state index >= 15 is 0 Å². The summed E-state index contributed by atoms with van der Waals surface area (Å²) in [5, 5.41) is 10.7. The minimum Gasteiger partial charge on any atom is -0.464 e. The Labute approximate surface area is 180 Å². The van der Waals surface area contributed by atoms with E-state index in [2.05, 4.69) is 0 Å². The van der Waals surface area contributed by atoms with E-state index in [0.717, 1.165) is 0 Å². The van der Waals surface area contributed by atoms with E-state index in [1.165, 1.54) is 46.2 Å². The molecule has 2 rings (SSSR count). The lowest BCUT2D eigenvalue weighted by atomic mass is 10.1. The van der Waals surface area contributed by atoms with Crippen molar-refractivity contribution >= 4 is 29.7 Å². The molecule has 0 radical (unpaired) electrons. The first-order valence-electron chi connectivity index (χ1n) is 9.89. The third-order valence-electron chi connectivity index (χ3n) is 4.40. The van der Waals surface area contributed by atoms with Gasteiger partial charge in [-0.2, -0.15) is 0 Å². The number of nitro benzene ring substituents is 1. The second kappa shape index (κ2) is 10.1. The van der Waals surface area contributed by atoms with E-state index in [1.54, 1.807) is 27.7 Å². The van der Waals surface area contributed by atoms with E-state index < -0.39 is 34.5 Å². The molecule has 31 heavy (non-hydrogen) atoms. The molecule has 0 saturated carbocycles. The van der Waals surface area contributed by atoms with E-state index in [1.807, 2.05) is 0 Å². The molecular formula is C21H27N3O7. The Morgan fingerprint density at radius 1 is 1.19 bits per heavy atom. The van der Waals surface area contributed by atoms with Gasteiger partial charge < -0.3 is 19.3 Å². The summed E-state index contributed by atoms with van der Waals surface area (Å²) < 4.78 is 10.5. The molecule has 168 valence electrons. The topological polar surface area (TPSA) is 119 Å². The summed E-state index contributed by atoms with van der Waals surface area (Å²) in [7, 11) is 0. The van der Waals surface area contributed by atoms with Crippen molar-refractivity contribution in [1.82, 2.24) is 9.80 Å². The van der Waals surface area contributed by atoms with Gasteiger partial charge in [-0.3, -0.25) is 14.9 Å². The third kappa shape index (κ3) is 6.80. The molecule has 0 N–H and O–H groups in total. The van der Waals surface area contributed by atoms with Crippen LogP contribution in [0.25, 0.3) is 6.08 Å². The van der Waals surface area contributed by atoms with Gasteiger partial charge in [0.25, 0.3) is 5.69 Å². The van der Waals surface area contributed by atoms with Crippen LogP contribution in [0.5, 0.6) is 0 Å². The number of ether oxygens (including phenoxy) is 2. The van der Waals surface area contributed by atoms with Gasteiger partial charge in [0.2, 0.25) is 5.91 Å². The van der Waals surface area contributed by atoms with Crippen molar-refractivity contribution in [3.63, 3.8) is 0 Å². The summed E-state index contributed by atoms with van der Waals surface area (Å²) in [5.41, 5.74) is -0.139. The lowest BCUT2D eigenvalue weighted by Crippen LogP contribution is -2.60. The monoisotopic (exact) mass is 433 g/mol. The van der Waals surface area contributed by atoms with Gasteiger partial charge in [0.05, 0.1) is 18.1 Å². The summed E-state index contributed by atoms with van der Waals surface area (Å²) in [6.07, 6.45) is 2.24. The van der Waals surface area contributed by atoms with Gasteiger partial charge in [-0.05, 0) is 51.5 Å². The van der Waals surface area contributed by atoms with Crippen molar-refractivity contribution in [2.24, 2.45) is 0 Å². The molecule has 1 aromatic carbocycles. The van der Waals surface area contributed by atoms with Crippen molar-refractivity contribution in [3.05, 3.63) is 46.0 Å². The largest absolute Gasteiger partial charge is 0.464 e. The summed E-state index contributed by atoms with van der Waals surface area (Å²) >= 11 is 0. The Morgan fingerprint density at radius 2 is 1.84 bits per heavy atom.